The highest BCUT2D eigenvalue weighted by Crippen LogP contribution is 2.30. The van der Waals surface area contributed by atoms with Crippen LogP contribution >= 0.6 is 0 Å². The van der Waals surface area contributed by atoms with Crippen LogP contribution < -0.4 is 5.32 Å². The van der Waals surface area contributed by atoms with E-state index in [-0.39, 0.29) is 17.0 Å². The molecule has 1 fully saturated rings. The van der Waals surface area contributed by atoms with Gasteiger partial charge in [0, 0.05) is 19.0 Å². The first-order chi connectivity index (χ1) is 6.79. The molecule has 1 heterocycles. The van der Waals surface area contributed by atoms with Gasteiger partial charge in [0.05, 0.1) is 5.41 Å². The van der Waals surface area contributed by atoms with Crippen LogP contribution in [0, 0.1) is 11.3 Å². The van der Waals surface area contributed by atoms with Gasteiger partial charge >= 0.3 is 5.97 Å². The number of ether oxygens (including phenoxy) is 1. The predicted octanol–water partition coefficient (Wildman–Crippen LogP) is 1.96. The number of carbonyl (C=O) groups is 1. The Labute approximate surface area is 92.6 Å². The van der Waals surface area contributed by atoms with Gasteiger partial charge < -0.3 is 10.1 Å². The molecule has 0 spiro atoms. The van der Waals surface area contributed by atoms with Gasteiger partial charge in [0.15, 0.2) is 0 Å². The van der Waals surface area contributed by atoms with Gasteiger partial charge in [0.1, 0.15) is 5.60 Å². The molecule has 0 aliphatic carbocycles. The van der Waals surface area contributed by atoms with Gasteiger partial charge in [-0.25, -0.2) is 0 Å². The maximum absolute atomic E-state index is 11.9. The van der Waals surface area contributed by atoms with Gasteiger partial charge in [-0.3, -0.25) is 4.79 Å². The molecule has 1 aliphatic rings. The molecule has 0 bridgehead atoms. The van der Waals surface area contributed by atoms with Gasteiger partial charge in [0.2, 0.25) is 0 Å². The number of nitrogens with one attached hydrogen (secondary N) is 1. The molecule has 0 aromatic carbocycles. The molecule has 1 saturated heterocycles. The van der Waals surface area contributed by atoms with Crippen molar-refractivity contribution in [2.75, 3.05) is 13.1 Å². The fourth-order valence-electron chi connectivity index (χ4n) is 1.38. The molecule has 0 aromatic rings. The zero-order valence-corrected chi connectivity index (χ0v) is 10.5. The molecule has 3 heteroatoms. The van der Waals surface area contributed by atoms with E-state index in [0.29, 0.717) is 5.92 Å². The predicted molar refractivity (Wildman–Crippen MR) is 60.6 cm³/mol. The molecule has 0 atom stereocenters. The Morgan fingerprint density at radius 2 is 1.87 bits per heavy atom. The molecule has 0 radical (unpaired) electrons. The van der Waals surface area contributed by atoms with Crippen LogP contribution in [0.1, 0.15) is 41.0 Å². The summed E-state index contributed by atoms with van der Waals surface area (Å²) >= 11 is 0. The van der Waals surface area contributed by atoms with Crippen LogP contribution in [-0.4, -0.2) is 24.7 Å². The fraction of sp³-hybridized carbons (Fsp3) is 0.917. The van der Waals surface area contributed by atoms with Gasteiger partial charge in [-0.15, -0.1) is 0 Å². The van der Waals surface area contributed by atoms with E-state index < -0.39 is 0 Å². The lowest BCUT2D eigenvalue weighted by atomic mass is 9.84. The van der Waals surface area contributed by atoms with Crippen molar-refractivity contribution < 1.29 is 9.53 Å². The maximum Gasteiger partial charge on any atom is 0.312 e. The second-order valence-electron chi connectivity index (χ2n) is 5.59. The number of esters is 1. The van der Waals surface area contributed by atoms with Crippen LogP contribution in [0.25, 0.3) is 0 Å². The molecule has 88 valence electrons. The summed E-state index contributed by atoms with van der Waals surface area (Å²) in [5, 5.41) is 3.20. The third-order valence-electron chi connectivity index (χ3n) is 3.56. The van der Waals surface area contributed by atoms with E-state index in [4.69, 9.17) is 4.74 Å². The van der Waals surface area contributed by atoms with Crippen LogP contribution in [0.4, 0.5) is 0 Å². The zero-order valence-electron chi connectivity index (χ0n) is 10.5. The minimum atomic E-state index is -0.367. The molecule has 15 heavy (non-hydrogen) atoms. The minimum absolute atomic E-state index is 0.0816. The second kappa shape index (κ2) is 4.12. The summed E-state index contributed by atoms with van der Waals surface area (Å²) in [6.07, 6.45) is 0.810. The van der Waals surface area contributed by atoms with Crippen molar-refractivity contribution in [2.45, 2.75) is 46.6 Å². The van der Waals surface area contributed by atoms with Crippen LogP contribution in [0.3, 0.4) is 0 Å². The van der Waals surface area contributed by atoms with Crippen molar-refractivity contribution in [1.82, 2.24) is 5.32 Å². The third-order valence-corrected chi connectivity index (χ3v) is 3.56. The van der Waals surface area contributed by atoms with Crippen molar-refractivity contribution in [3.63, 3.8) is 0 Å². The Morgan fingerprint density at radius 3 is 2.20 bits per heavy atom. The number of carbonyl (C=O) groups excluding carboxylic acids is 1. The van der Waals surface area contributed by atoms with Gasteiger partial charge in [-0.05, 0) is 34.1 Å². The van der Waals surface area contributed by atoms with Crippen LogP contribution in [-0.2, 0) is 9.53 Å². The van der Waals surface area contributed by atoms with E-state index in [2.05, 4.69) is 5.32 Å². The lowest BCUT2D eigenvalue weighted by Crippen LogP contribution is -2.55. The highest BCUT2D eigenvalue weighted by molar-refractivity contribution is 5.76. The fourth-order valence-corrected chi connectivity index (χ4v) is 1.38. The normalized spacial score (nSPS) is 18.5. The number of hydrogen-bond donors (Lipinski definition) is 1. The minimum Gasteiger partial charge on any atom is -0.459 e. The average Bonchev–Trinajstić information content (AvgIpc) is 1.98. The molecule has 0 aromatic heterocycles. The largest absolute Gasteiger partial charge is 0.459 e. The molecule has 0 unspecified atom stereocenters. The standard InChI is InChI=1S/C12H23NO2/c1-6-11(2,3)10(14)15-12(4,5)9-7-13-8-9/h9,13H,6-8H2,1-5H3. The zero-order chi connectivity index (χ0) is 11.7. The lowest BCUT2D eigenvalue weighted by Gasteiger charge is -2.41. The quantitative estimate of drug-likeness (QED) is 0.726. The van der Waals surface area contributed by atoms with Crippen LogP contribution in [0.15, 0.2) is 0 Å². The van der Waals surface area contributed by atoms with E-state index in [9.17, 15) is 4.79 Å². The van der Waals surface area contributed by atoms with Gasteiger partial charge in [-0.1, -0.05) is 6.92 Å². The smallest absolute Gasteiger partial charge is 0.312 e. The van der Waals surface area contributed by atoms with Crippen molar-refractivity contribution in [3.8, 4) is 0 Å². The maximum atomic E-state index is 11.9. The molecule has 0 saturated carbocycles. The second-order valence-corrected chi connectivity index (χ2v) is 5.59. The van der Waals surface area contributed by atoms with Gasteiger partial charge in [0.25, 0.3) is 0 Å². The Hall–Kier alpha value is -0.570. The SMILES string of the molecule is CCC(C)(C)C(=O)OC(C)(C)C1CNC1. The topological polar surface area (TPSA) is 38.3 Å². The highest BCUT2D eigenvalue weighted by atomic mass is 16.6. The number of rotatable bonds is 4. The Morgan fingerprint density at radius 1 is 1.33 bits per heavy atom. The summed E-state index contributed by atoms with van der Waals surface area (Å²) < 4.78 is 5.62. The van der Waals surface area contributed by atoms with E-state index in [1.54, 1.807) is 0 Å². The summed E-state index contributed by atoms with van der Waals surface area (Å²) in [5.41, 5.74) is -0.705. The Kier molecular flexibility index (Phi) is 3.44. The summed E-state index contributed by atoms with van der Waals surface area (Å²) in [7, 11) is 0. The Bertz CT molecular complexity index is 242. The number of hydrogen-bond acceptors (Lipinski definition) is 3. The lowest BCUT2D eigenvalue weighted by molar-refractivity contribution is -0.174. The van der Waals surface area contributed by atoms with E-state index in [0.717, 1.165) is 19.5 Å². The van der Waals surface area contributed by atoms with Crippen molar-refractivity contribution in [1.29, 1.82) is 0 Å². The molecular weight excluding hydrogens is 190 g/mol. The molecule has 1 N–H and O–H groups in total. The van der Waals surface area contributed by atoms with Gasteiger partial charge in [-0.2, -0.15) is 0 Å². The third kappa shape index (κ3) is 2.71. The summed E-state index contributed by atoms with van der Waals surface area (Å²) in [6.45, 7) is 11.8. The summed E-state index contributed by atoms with van der Waals surface area (Å²) in [4.78, 5) is 11.9. The monoisotopic (exact) mass is 213 g/mol. The first-order valence-corrected chi connectivity index (χ1v) is 5.74. The highest BCUT2D eigenvalue weighted by Gasteiger charge is 2.40. The molecule has 0 amide bonds. The molecule has 1 rings (SSSR count). The molecule has 1 aliphatic heterocycles. The van der Waals surface area contributed by atoms with Crippen molar-refractivity contribution in [2.24, 2.45) is 11.3 Å². The molecular formula is C12H23NO2. The van der Waals surface area contributed by atoms with E-state index in [1.807, 2.05) is 34.6 Å². The van der Waals surface area contributed by atoms with Crippen molar-refractivity contribution >= 4 is 5.97 Å². The molecule has 3 nitrogen and oxygen atoms in total. The van der Waals surface area contributed by atoms with E-state index in [1.165, 1.54) is 0 Å². The Balaban J connectivity index is 2.56. The van der Waals surface area contributed by atoms with E-state index >= 15 is 0 Å². The summed E-state index contributed by atoms with van der Waals surface area (Å²) in [6, 6.07) is 0. The van der Waals surface area contributed by atoms with Crippen molar-refractivity contribution in [3.05, 3.63) is 0 Å². The van der Waals surface area contributed by atoms with Crippen LogP contribution in [0.2, 0.25) is 0 Å². The first kappa shape index (κ1) is 12.5. The average molecular weight is 213 g/mol. The first-order valence-electron chi connectivity index (χ1n) is 5.74. The van der Waals surface area contributed by atoms with Crippen LogP contribution in [0.5, 0.6) is 0 Å². The summed E-state index contributed by atoms with van der Waals surface area (Å²) in [5.74, 6) is 0.371.